The van der Waals surface area contributed by atoms with Gasteiger partial charge in [-0.25, -0.2) is 4.39 Å². The standard InChI is InChI=1S/C16H21FN2O/c1-11(13-8-18-9-13)16(20)19(15-5-6-15)10-12-3-2-4-14(17)7-12/h2-4,7,11,13,15,18H,5-6,8-10H2,1H3. The van der Waals surface area contributed by atoms with Gasteiger partial charge in [-0.05, 0) is 49.5 Å². The van der Waals surface area contributed by atoms with Gasteiger partial charge in [0.2, 0.25) is 5.91 Å². The highest BCUT2D eigenvalue weighted by atomic mass is 19.1. The van der Waals surface area contributed by atoms with Gasteiger partial charge < -0.3 is 10.2 Å². The summed E-state index contributed by atoms with van der Waals surface area (Å²) < 4.78 is 13.3. The van der Waals surface area contributed by atoms with E-state index in [4.69, 9.17) is 0 Å². The van der Waals surface area contributed by atoms with Gasteiger partial charge in [-0.1, -0.05) is 19.1 Å². The topological polar surface area (TPSA) is 32.3 Å². The van der Waals surface area contributed by atoms with E-state index in [1.165, 1.54) is 12.1 Å². The lowest BCUT2D eigenvalue weighted by atomic mass is 9.88. The van der Waals surface area contributed by atoms with Crippen LogP contribution in [-0.2, 0) is 11.3 Å². The average molecular weight is 276 g/mol. The number of benzene rings is 1. The second-order valence-electron chi connectivity index (χ2n) is 6.03. The van der Waals surface area contributed by atoms with Crippen LogP contribution >= 0.6 is 0 Å². The molecule has 20 heavy (non-hydrogen) atoms. The van der Waals surface area contributed by atoms with Gasteiger partial charge in [-0.2, -0.15) is 0 Å². The van der Waals surface area contributed by atoms with Crippen LogP contribution in [0.1, 0.15) is 25.3 Å². The number of hydrogen-bond acceptors (Lipinski definition) is 2. The van der Waals surface area contributed by atoms with Crippen molar-refractivity contribution in [3.8, 4) is 0 Å². The first-order valence-corrected chi connectivity index (χ1v) is 7.41. The molecule has 0 radical (unpaired) electrons. The molecule has 1 atom stereocenters. The van der Waals surface area contributed by atoms with Crippen LogP contribution in [0.3, 0.4) is 0 Å². The third-order valence-electron chi connectivity index (χ3n) is 4.42. The van der Waals surface area contributed by atoms with Crippen molar-refractivity contribution in [3.63, 3.8) is 0 Å². The third-order valence-corrected chi connectivity index (χ3v) is 4.42. The lowest BCUT2D eigenvalue weighted by Crippen LogP contribution is -2.50. The van der Waals surface area contributed by atoms with Gasteiger partial charge in [0.1, 0.15) is 5.82 Å². The van der Waals surface area contributed by atoms with Crippen LogP contribution in [0.25, 0.3) is 0 Å². The number of nitrogens with zero attached hydrogens (tertiary/aromatic N) is 1. The molecule has 3 nitrogen and oxygen atoms in total. The minimum atomic E-state index is -0.234. The van der Waals surface area contributed by atoms with Crippen molar-refractivity contribution in [1.82, 2.24) is 10.2 Å². The maximum Gasteiger partial charge on any atom is 0.226 e. The lowest BCUT2D eigenvalue weighted by Gasteiger charge is -2.35. The Bertz CT molecular complexity index is 497. The summed E-state index contributed by atoms with van der Waals surface area (Å²) in [4.78, 5) is 14.6. The van der Waals surface area contributed by atoms with E-state index in [1.54, 1.807) is 6.07 Å². The third kappa shape index (κ3) is 2.85. The lowest BCUT2D eigenvalue weighted by molar-refractivity contribution is -0.138. The number of carbonyl (C=O) groups excluding carboxylic acids is 1. The molecule has 0 bridgehead atoms. The van der Waals surface area contributed by atoms with Crippen molar-refractivity contribution in [2.45, 2.75) is 32.4 Å². The van der Waals surface area contributed by atoms with Gasteiger partial charge in [-0.15, -0.1) is 0 Å². The summed E-state index contributed by atoms with van der Waals surface area (Å²) in [5, 5.41) is 3.22. The summed E-state index contributed by atoms with van der Waals surface area (Å²) >= 11 is 0. The van der Waals surface area contributed by atoms with Crippen LogP contribution in [0.4, 0.5) is 4.39 Å². The number of rotatable bonds is 5. The van der Waals surface area contributed by atoms with Crippen molar-refractivity contribution >= 4 is 5.91 Å². The Morgan fingerprint density at radius 1 is 1.45 bits per heavy atom. The Hall–Kier alpha value is -1.42. The molecule has 2 fully saturated rings. The summed E-state index contributed by atoms with van der Waals surface area (Å²) in [6.07, 6.45) is 2.16. The summed E-state index contributed by atoms with van der Waals surface area (Å²) in [5.41, 5.74) is 0.879. The average Bonchev–Trinajstić information content (AvgIpc) is 3.17. The highest BCUT2D eigenvalue weighted by Gasteiger charge is 2.38. The van der Waals surface area contributed by atoms with E-state index in [-0.39, 0.29) is 17.6 Å². The van der Waals surface area contributed by atoms with Crippen LogP contribution in [0.2, 0.25) is 0 Å². The molecule has 1 saturated heterocycles. The molecule has 108 valence electrons. The SMILES string of the molecule is CC(C(=O)N(Cc1cccc(F)c1)C1CC1)C1CNC1. The Kier molecular flexibility index (Phi) is 3.74. The van der Waals surface area contributed by atoms with E-state index in [0.29, 0.717) is 18.5 Å². The summed E-state index contributed by atoms with van der Waals surface area (Å²) in [5.74, 6) is 0.506. The van der Waals surface area contributed by atoms with Crippen molar-refractivity contribution in [2.75, 3.05) is 13.1 Å². The quantitative estimate of drug-likeness (QED) is 0.894. The van der Waals surface area contributed by atoms with E-state index >= 15 is 0 Å². The van der Waals surface area contributed by atoms with Crippen LogP contribution in [0.5, 0.6) is 0 Å². The van der Waals surface area contributed by atoms with E-state index in [2.05, 4.69) is 5.32 Å². The van der Waals surface area contributed by atoms with E-state index in [1.807, 2.05) is 17.9 Å². The monoisotopic (exact) mass is 276 g/mol. The first kappa shape index (κ1) is 13.6. The maximum absolute atomic E-state index is 13.3. The van der Waals surface area contributed by atoms with Gasteiger partial charge in [0.15, 0.2) is 0 Å². The molecule has 1 N–H and O–H groups in total. The molecule has 1 amide bonds. The minimum Gasteiger partial charge on any atom is -0.335 e. The van der Waals surface area contributed by atoms with Crippen molar-refractivity contribution in [3.05, 3.63) is 35.6 Å². The molecule has 1 aliphatic heterocycles. The molecule has 1 aliphatic carbocycles. The number of amides is 1. The van der Waals surface area contributed by atoms with E-state index in [9.17, 15) is 9.18 Å². The Balaban J connectivity index is 1.70. The second kappa shape index (κ2) is 5.52. The molecule has 1 heterocycles. The van der Waals surface area contributed by atoms with Crippen LogP contribution in [0, 0.1) is 17.7 Å². The number of nitrogens with one attached hydrogen (secondary N) is 1. The molecule has 4 heteroatoms. The normalized spacial score (nSPS) is 20.3. The summed E-state index contributed by atoms with van der Waals surface area (Å²) in [6.45, 7) is 4.43. The largest absolute Gasteiger partial charge is 0.335 e. The molecule has 0 aromatic heterocycles. The zero-order valence-corrected chi connectivity index (χ0v) is 11.8. The molecule has 1 unspecified atom stereocenters. The molecule has 0 spiro atoms. The zero-order chi connectivity index (χ0) is 14.1. The van der Waals surface area contributed by atoms with Crippen molar-refractivity contribution in [1.29, 1.82) is 0 Å². The zero-order valence-electron chi connectivity index (χ0n) is 11.8. The second-order valence-corrected chi connectivity index (χ2v) is 6.03. The molecule has 1 aromatic rings. The first-order valence-electron chi connectivity index (χ1n) is 7.41. The highest BCUT2D eigenvalue weighted by Crippen LogP contribution is 2.31. The Morgan fingerprint density at radius 3 is 2.75 bits per heavy atom. The van der Waals surface area contributed by atoms with Crippen LogP contribution < -0.4 is 5.32 Å². The Morgan fingerprint density at radius 2 is 2.20 bits per heavy atom. The fraction of sp³-hybridized carbons (Fsp3) is 0.562. The van der Waals surface area contributed by atoms with Gasteiger partial charge >= 0.3 is 0 Å². The van der Waals surface area contributed by atoms with Crippen LogP contribution in [0.15, 0.2) is 24.3 Å². The predicted molar refractivity (Wildman–Crippen MR) is 75.5 cm³/mol. The van der Waals surface area contributed by atoms with E-state index in [0.717, 1.165) is 31.5 Å². The molecule has 1 saturated carbocycles. The van der Waals surface area contributed by atoms with Gasteiger partial charge in [-0.3, -0.25) is 4.79 Å². The van der Waals surface area contributed by atoms with Crippen LogP contribution in [-0.4, -0.2) is 29.9 Å². The Labute approximate surface area is 119 Å². The number of hydrogen-bond donors (Lipinski definition) is 1. The maximum atomic E-state index is 13.3. The fourth-order valence-electron chi connectivity index (χ4n) is 2.73. The van der Waals surface area contributed by atoms with E-state index < -0.39 is 0 Å². The number of halogens is 1. The molecule has 2 aliphatic rings. The molecule has 3 rings (SSSR count). The van der Waals surface area contributed by atoms with Gasteiger partial charge in [0.05, 0.1) is 0 Å². The fourth-order valence-corrected chi connectivity index (χ4v) is 2.73. The smallest absolute Gasteiger partial charge is 0.226 e. The first-order chi connectivity index (χ1) is 9.65. The van der Waals surface area contributed by atoms with Crippen molar-refractivity contribution in [2.24, 2.45) is 11.8 Å². The number of carbonyl (C=O) groups is 1. The van der Waals surface area contributed by atoms with Gasteiger partial charge in [0.25, 0.3) is 0 Å². The predicted octanol–water partition coefficient (Wildman–Crippen LogP) is 2.17. The molecular weight excluding hydrogens is 255 g/mol. The molecular formula is C16H21FN2O. The summed E-state index contributed by atoms with van der Waals surface area (Å²) in [6, 6.07) is 6.93. The summed E-state index contributed by atoms with van der Waals surface area (Å²) in [7, 11) is 0. The molecule has 1 aromatic carbocycles. The highest BCUT2D eigenvalue weighted by molar-refractivity contribution is 5.79. The van der Waals surface area contributed by atoms with Crippen molar-refractivity contribution < 1.29 is 9.18 Å². The minimum absolute atomic E-state index is 0.0606. The van der Waals surface area contributed by atoms with Gasteiger partial charge in [0, 0.05) is 18.5 Å².